The van der Waals surface area contributed by atoms with Crippen molar-refractivity contribution in [3.8, 4) is 0 Å². The number of hydrogen-bond acceptors (Lipinski definition) is 0. The third kappa shape index (κ3) is 2.51. The summed E-state index contributed by atoms with van der Waals surface area (Å²) < 4.78 is 0. The first-order chi connectivity index (χ1) is 5.88. The zero-order chi connectivity index (χ0) is 8.81. The first-order valence-electron chi connectivity index (χ1n) is 5.26. The molecule has 0 heterocycles. The van der Waals surface area contributed by atoms with Crippen molar-refractivity contribution in [2.75, 3.05) is 0 Å². The van der Waals surface area contributed by atoms with Gasteiger partial charge in [-0.25, -0.2) is 0 Å². The molecule has 0 aliphatic heterocycles. The van der Waals surface area contributed by atoms with Crippen LogP contribution in [0.3, 0.4) is 0 Å². The molecule has 0 unspecified atom stereocenters. The lowest BCUT2D eigenvalue weighted by Gasteiger charge is -2.07. The Bertz CT molecular complexity index is 180. The minimum absolute atomic E-state index is 1.21. The van der Waals surface area contributed by atoms with Gasteiger partial charge in [-0.15, -0.1) is 0 Å². The minimum atomic E-state index is 1.21. The van der Waals surface area contributed by atoms with Crippen molar-refractivity contribution >= 4 is 0 Å². The molecule has 0 saturated carbocycles. The van der Waals surface area contributed by atoms with Crippen LogP contribution in [0.4, 0.5) is 0 Å². The van der Waals surface area contributed by atoms with E-state index in [1.54, 1.807) is 11.1 Å². The van der Waals surface area contributed by atoms with E-state index in [9.17, 15) is 0 Å². The molecule has 0 aromatic rings. The van der Waals surface area contributed by atoms with Crippen LogP contribution in [0.25, 0.3) is 0 Å². The van der Waals surface area contributed by atoms with Crippen LogP contribution in [-0.4, -0.2) is 0 Å². The Morgan fingerprint density at radius 2 is 2.17 bits per heavy atom. The Balaban J connectivity index is 2.71. The largest absolute Gasteiger partial charge is 0.0843 e. The highest BCUT2D eigenvalue weighted by atomic mass is 14.1. The third-order valence-corrected chi connectivity index (χ3v) is 2.56. The second kappa shape index (κ2) is 5.18. The molecule has 0 atom stereocenters. The Kier molecular flexibility index (Phi) is 4.13. The summed E-state index contributed by atoms with van der Waals surface area (Å²) in [5.74, 6) is 0. The molecule has 0 fully saturated rings. The molecule has 12 heavy (non-hydrogen) atoms. The van der Waals surface area contributed by atoms with Gasteiger partial charge in [0, 0.05) is 0 Å². The highest BCUT2D eigenvalue weighted by Gasteiger charge is 2.04. The van der Waals surface area contributed by atoms with Gasteiger partial charge in [-0.1, -0.05) is 38.0 Å². The molecule has 0 spiro atoms. The summed E-state index contributed by atoms with van der Waals surface area (Å²) in [5.41, 5.74) is 3.32. The molecule has 0 aromatic carbocycles. The van der Waals surface area contributed by atoms with Crippen LogP contribution in [0, 0.1) is 0 Å². The van der Waals surface area contributed by atoms with Crippen LogP contribution in [0.15, 0.2) is 23.3 Å². The Morgan fingerprint density at radius 1 is 1.33 bits per heavy atom. The molecule has 0 amide bonds. The summed E-state index contributed by atoms with van der Waals surface area (Å²) in [7, 11) is 0. The lowest BCUT2D eigenvalue weighted by atomic mass is 9.99. The van der Waals surface area contributed by atoms with Crippen molar-refractivity contribution in [1.29, 1.82) is 0 Å². The van der Waals surface area contributed by atoms with Crippen molar-refractivity contribution in [2.24, 2.45) is 0 Å². The smallest absolute Gasteiger partial charge is 0.0308 e. The zero-order valence-electron chi connectivity index (χ0n) is 8.40. The van der Waals surface area contributed by atoms with Gasteiger partial charge in [0.25, 0.3) is 0 Å². The van der Waals surface area contributed by atoms with Gasteiger partial charge in [0.15, 0.2) is 0 Å². The normalized spacial score (nSPS) is 18.2. The van der Waals surface area contributed by atoms with E-state index in [2.05, 4.69) is 26.0 Å². The van der Waals surface area contributed by atoms with Crippen LogP contribution in [0.2, 0.25) is 0 Å². The Labute approximate surface area is 76.4 Å². The molecule has 68 valence electrons. The quantitative estimate of drug-likeness (QED) is 0.585. The standard InChI is InChI=1S/C12H20/c1-3-8-12-10-7-5-6-9-11(12)4-2/h6,9H,3-5,7-8,10H2,1-2H3. The van der Waals surface area contributed by atoms with Gasteiger partial charge < -0.3 is 0 Å². The highest BCUT2D eigenvalue weighted by molar-refractivity contribution is 5.27. The van der Waals surface area contributed by atoms with E-state index in [1.807, 2.05) is 0 Å². The Morgan fingerprint density at radius 3 is 2.83 bits per heavy atom. The molecule has 0 radical (unpaired) electrons. The lowest BCUT2D eigenvalue weighted by molar-refractivity contribution is 0.766. The molecule has 1 aliphatic carbocycles. The molecule has 1 aliphatic rings. The van der Waals surface area contributed by atoms with Crippen LogP contribution >= 0.6 is 0 Å². The van der Waals surface area contributed by atoms with E-state index in [0.29, 0.717) is 0 Å². The lowest BCUT2D eigenvalue weighted by Crippen LogP contribution is -1.88. The van der Waals surface area contributed by atoms with Gasteiger partial charge >= 0.3 is 0 Å². The fourth-order valence-electron chi connectivity index (χ4n) is 1.89. The molecule has 0 bridgehead atoms. The zero-order valence-corrected chi connectivity index (χ0v) is 8.40. The first kappa shape index (κ1) is 9.57. The highest BCUT2D eigenvalue weighted by Crippen LogP contribution is 2.24. The molecule has 1 rings (SSSR count). The summed E-state index contributed by atoms with van der Waals surface area (Å²) in [4.78, 5) is 0. The van der Waals surface area contributed by atoms with Gasteiger partial charge in [0.1, 0.15) is 0 Å². The van der Waals surface area contributed by atoms with Crippen LogP contribution in [0.1, 0.15) is 52.4 Å². The summed E-state index contributed by atoms with van der Waals surface area (Å²) in [5, 5.41) is 0. The van der Waals surface area contributed by atoms with Gasteiger partial charge in [-0.3, -0.25) is 0 Å². The van der Waals surface area contributed by atoms with E-state index in [1.165, 1.54) is 38.5 Å². The summed E-state index contributed by atoms with van der Waals surface area (Å²) >= 11 is 0. The van der Waals surface area contributed by atoms with Gasteiger partial charge in [-0.2, -0.15) is 0 Å². The van der Waals surface area contributed by atoms with Gasteiger partial charge in [-0.05, 0) is 37.7 Å². The fourth-order valence-corrected chi connectivity index (χ4v) is 1.89. The molecule has 0 aromatic heterocycles. The van der Waals surface area contributed by atoms with E-state index in [-0.39, 0.29) is 0 Å². The molecular weight excluding hydrogens is 144 g/mol. The summed E-state index contributed by atoms with van der Waals surface area (Å²) in [6.07, 6.45) is 12.5. The number of allylic oxidation sites excluding steroid dienone is 4. The third-order valence-electron chi connectivity index (χ3n) is 2.56. The second-order valence-electron chi connectivity index (χ2n) is 3.53. The van der Waals surface area contributed by atoms with Crippen molar-refractivity contribution in [2.45, 2.75) is 52.4 Å². The van der Waals surface area contributed by atoms with Crippen molar-refractivity contribution < 1.29 is 0 Å². The van der Waals surface area contributed by atoms with E-state index in [4.69, 9.17) is 0 Å². The van der Waals surface area contributed by atoms with E-state index < -0.39 is 0 Å². The van der Waals surface area contributed by atoms with E-state index in [0.717, 1.165) is 0 Å². The molecular formula is C12H20. The number of rotatable bonds is 3. The van der Waals surface area contributed by atoms with Gasteiger partial charge in [0.05, 0.1) is 0 Å². The van der Waals surface area contributed by atoms with Crippen molar-refractivity contribution in [1.82, 2.24) is 0 Å². The maximum atomic E-state index is 2.35. The summed E-state index contributed by atoms with van der Waals surface area (Å²) in [6, 6.07) is 0. The van der Waals surface area contributed by atoms with Crippen LogP contribution < -0.4 is 0 Å². The Hall–Kier alpha value is -0.520. The van der Waals surface area contributed by atoms with Crippen LogP contribution in [0.5, 0.6) is 0 Å². The van der Waals surface area contributed by atoms with Crippen molar-refractivity contribution in [3.05, 3.63) is 23.3 Å². The minimum Gasteiger partial charge on any atom is -0.0843 e. The molecule has 0 heteroatoms. The predicted octanol–water partition coefficient (Wildman–Crippen LogP) is 4.23. The molecule has 0 N–H and O–H groups in total. The maximum absolute atomic E-state index is 2.35. The monoisotopic (exact) mass is 164 g/mol. The second-order valence-corrected chi connectivity index (χ2v) is 3.53. The van der Waals surface area contributed by atoms with E-state index >= 15 is 0 Å². The number of hydrogen-bond donors (Lipinski definition) is 0. The maximum Gasteiger partial charge on any atom is -0.0308 e. The first-order valence-corrected chi connectivity index (χ1v) is 5.26. The predicted molar refractivity (Wildman–Crippen MR) is 55.2 cm³/mol. The fraction of sp³-hybridized carbons (Fsp3) is 0.667. The van der Waals surface area contributed by atoms with Crippen LogP contribution in [-0.2, 0) is 0 Å². The topological polar surface area (TPSA) is 0 Å². The molecule has 0 saturated heterocycles. The average Bonchev–Trinajstić information content (AvgIpc) is 2.30. The SMILES string of the molecule is CCCC1=C(CC)C=CCCC1. The van der Waals surface area contributed by atoms with Gasteiger partial charge in [0.2, 0.25) is 0 Å². The summed E-state index contributed by atoms with van der Waals surface area (Å²) in [6.45, 7) is 4.54. The van der Waals surface area contributed by atoms with Crippen molar-refractivity contribution in [3.63, 3.8) is 0 Å². The molecule has 0 nitrogen and oxygen atoms in total. The average molecular weight is 164 g/mol.